The van der Waals surface area contributed by atoms with Crippen LogP contribution in [0.1, 0.15) is 6.92 Å². The highest BCUT2D eigenvalue weighted by Crippen LogP contribution is 2.35. The van der Waals surface area contributed by atoms with Crippen molar-refractivity contribution < 1.29 is 4.39 Å². The zero-order chi connectivity index (χ0) is 14.8. The number of hydrogen-bond acceptors (Lipinski definition) is 3. The first-order chi connectivity index (χ1) is 10.2. The number of nitrogens with zero attached hydrogens (tertiary/aromatic N) is 2. The predicted octanol–water partition coefficient (Wildman–Crippen LogP) is 4.11. The third-order valence-electron chi connectivity index (χ3n) is 3.57. The summed E-state index contributed by atoms with van der Waals surface area (Å²) >= 11 is 0. The summed E-state index contributed by atoms with van der Waals surface area (Å²) in [6, 6.07) is 12.4. The lowest BCUT2D eigenvalue weighted by Crippen LogP contribution is -2.17. The largest absolute Gasteiger partial charge is 0.397 e. The fourth-order valence-electron chi connectivity index (χ4n) is 2.55. The molecule has 3 nitrogen and oxygen atoms in total. The predicted molar refractivity (Wildman–Crippen MR) is 85.2 cm³/mol. The zero-order valence-electron chi connectivity index (χ0n) is 11.8. The van der Waals surface area contributed by atoms with Crippen molar-refractivity contribution in [1.82, 2.24) is 4.98 Å². The maximum atomic E-state index is 13.5. The first kappa shape index (κ1) is 13.4. The summed E-state index contributed by atoms with van der Waals surface area (Å²) in [5, 5.41) is 1.95. The lowest BCUT2D eigenvalue weighted by Gasteiger charge is -2.25. The molecule has 0 amide bonds. The molecule has 1 aromatic heterocycles. The molecule has 3 aromatic rings. The highest BCUT2D eigenvalue weighted by Gasteiger charge is 2.13. The van der Waals surface area contributed by atoms with Gasteiger partial charge < -0.3 is 10.6 Å². The van der Waals surface area contributed by atoms with Crippen molar-refractivity contribution >= 4 is 27.8 Å². The van der Waals surface area contributed by atoms with Crippen molar-refractivity contribution in [3.8, 4) is 0 Å². The van der Waals surface area contributed by atoms with E-state index in [0.29, 0.717) is 12.2 Å². The second kappa shape index (κ2) is 5.40. The Morgan fingerprint density at radius 3 is 2.81 bits per heavy atom. The minimum absolute atomic E-state index is 0.255. The van der Waals surface area contributed by atoms with Gasteiger partial charge in [-0.05, 0) is 37.3 Å². The van der Waals surface area contributed by atoms with E-state index in [9.17, 15) is 4.39 Å². The molecule has 3 rings (SSSR count). The van der Waals surface area contributed by atoms with Crippen LogP contribution in [-0.2, 0) is 0 Å². The van der Waals surface area contributed by atoms with Crippen LogP contribution in [0.2, 0.25) is 0 Å². The Labute approximate surface area is 122 Å². The van der Waals surface area contributed by atoms with E-state index in [-0.39, 0.29) is 5.82 Å². The molecule has 0 spiro atoms. The van der Waals surface area contributed by atoms with Gasteiger partial charge in [-0.25, -0.2) is 4.39 Å². The number of benzene rings is 2. The van der Waals surface area contributed by atoms with Crippen molar-refractivity contribution in [2.75, 3.05) is 17.2 Å². The van der Waals surface area contributed by atoms with Gasteiger partial charge in [-0.2, -0.15) is 0 Å². The molecule has 21 heavy (non-hydrogen) atoms. The molecule has 2 N–H and O–H groups in total. The van der Waals surface area contributed by atoms with Gasteiger partial charge in [0.05, 0.1) is 11.4 Å². The van der Waals surface area contributed by atoms with Crippen LogP contribution in [-0.4, -0.2) is 11.5 Å². The molecule has 0 unspecified atom stereocenters. The van der Waals surface area contributed by atoms with E-state index in [1.54, 1.807) is 18.5 Å². The molecule has 0 radical (unpaired) electrons. The van der Waals surface area contributed by atoms with E-state index >= 15 is 0 Å². The van der Waals surface area contributed by atoms with E-state index < -0.39 is 0 Å². The molecule has 0 aliphatic carbocycles. The molecule has 4 heteroatoms. The molecule has 0 fully saturated rings. The Kier molecular flexibility index (Phi) is 3.44. The Morgan fingerprint density at radius 1 is 1.19 bits per heavy atom. The number of nitrogen functional groups attached to an aromatic ring is 1. The van der Waals surface area contributed by atoms with Crippen LogP contribution in [0.15, 0.2) is 54.9 Å². The molecule has 0 bridgehead atoms. The smallest absolute Gasteiger partial charge is 0.125 e. The van der Waals surface area contributed by atoms with Crippen LogP contribution in [0.5, 0.6) is 0 Å². The summed E-state index contributed by atoms with van der Waals surface area (Å²) in [7, 11) is 0. The van der Waals surface area contributed by atoms with Crippen molar-refractivity contribution in [2.45, 2.75) is 6.92 Å². The highest BCUT2D eigenvalue weighted by molar-refractivity contribution is 5.99. The Morgan fingerprint density at radius 2 is 2.05 bits per heavy atom. The SMILES string of the molecule is CCN(c1cccc(F)c1)c1ccc2cnccc2c1N. The van der Waals surface area contributed by atoms with Gasteiger partial charge >= 0.3 is 0 Å². The Bertz CT molecular complexity index is 786. The summed E-state index contributed by atoms with van der Waals surface area (Å²) in [4.78, 5) is 6.10. The maximum Gasteiger partial charge on any atom is 0.125 e. The Hall–Kier alpha value is -2.62. The average Bonchev–Trinajstić information content (AvgIpc) is 2.51. The average molecular weight is 281 g/mol. The van der Waals surface area contributed by atoms with Crippen LogP contribution in [0.3, 0.4) is 0 Å². The third-order valence-corrected chi connectivity index (χ3v) is 3.57. The number of hydrogen-bond donors (Lipinski definition) is 1. The molecule has 0 aliphatic rings. The molecule has 0 saturated carbocycles. The minimum atomic E-state index is -0.255. The molecule has 2 aromatic carbocycles. The molecular weight excluding hydrogens is 265 g/mol. The monoisotopic (exact) mass is 281 g/mol. The van der Waals surface area contributed by atoms with Gasteiger partial charge in [0.15, 0.2) is 0 Å². The van der Waals surface area contributed by atoms with Crippen LogP contribution >= 0.6 is 0 Å². The number of rotatable bonds is 3. The lowest BCUT2D eigenvalue weighted by molar-refractivity contribution is 0.627. The van der Waals surface area contributed by atoms with Gasteiger partial charge in [-0.3, -0.25) is 4.98 Å². The lowest BCUT2D eigenvalue weighted by atomic mass is 10.1. The molecule has 0 atom stereocenters. The summed E-state index contributed by atoms with van der Waals surface area (Å²) in [6.45, 7) is 2.71. The second-order valence-electron chi connectivity index (χ2n) is 4.82. The summed E-state index contributed by atoms with van der Waals surface area (Å²) in [5.74, 6) is -0.255. The summed E-state index contributed by atoms with van der Waals surface area (Å²) in [6.07, 6.45) is 3.51. The van der Waals surface area contributed by atoms with Crippen molar-refractivity contribution in [2.24, 2.45) is 0 Å². The van der Waals surface area contributed by atoms with E-state index in [0.717, 1.165) is 22.1 Å². The van der Waals surface area contributed by atoms with E-state index in [2.05, 4.69) is 4.98 Å². The van der Waals surface area contributed by atoms with Gasteiger partial charge in [-0.1, -0.05) is 12.1 Å². The van der Waals surface area contributed by atoms with E-state index in [4.69, 9.17) is 5.73 Å². The number of nitrogens with two attached hydrogens (primary N) is 1. The number of halogens is 1. The van der Waals surface area contributed by atoms with E-state index in [1.807, 2.05) is 36.1 Å². The normalized spacial score (nSPS) is 10.8. The van der Waals surface area contributed by atoms with Gasteiger partial charge in [0, 0.05) is 35.4 Å². The first-order valence-corrected chi connectivity index (χ1v) is 6.86. The molecule has 1 heterocycles. The molecule has 106 valence electrons. The van der Waals surface area contributed by atoms with Crippen LogP contribution < -0.4 is 10.6 Å². The number of pyridine rings is 1. The van der Waals surface area contributed by atoms with Crippen molar-refractivity contribution in [3.63, 3.8) is 0 Å². The molecule has 0 aliphatic heterocycles. The second-order valence-corrected chi connectivity index (χ2v) is 4.82. The quantitative estimate of drug-likeness (QED) is 0.734. The van der Waals surface area contributed by atoms with Crippen LogP contribution in [0, 0.1) is 5.82 Å². The van der Waals surface area contributed by atoms with Crippen molar-refractivity contribution in [3.05, 3.63) is 60.7 Å². The minimum Gasteiger partial charge on any atom is -0.397 e. The number of fused-ring (bicyclic) bond motifs is 1. The van der Waals surface area contributed by atoms with Crippen molar-refractivity contribution in [1.29, 1.82) is 0 Å². The fourth-order valence-corrected chi connectivity index (χ4v) is 2.55. The third kappa shape index (κ3) is 2.40. The standard InChI is InChI=1S/C17H16FN3/c1-2-21(14-5-3-4-13(18)10-14)16-7-6-12-11-20-9-8-15(12)17(16)19/h3-11H,2,19H2,1H3. The van der Waals surface area contributed by atoms with Gasteiger partial charge in [0.1, 0.15) is 5.82 Å². The topological polar surface area (TPSA) is 42.2 Å². The Balaban J connectivity index is 2.15. The molecular formula is C17H16FN3. The number of aromatic nitrogens is 1. The van der Waals surface area contributed by atoms with Gasteiger partial charge in [-0.15, -0.1) is 0 Å². The van der Waals surface area contributed by atoms with E-state index in [1.165, 1.54) is 12.1 Å². The van der Waals surface area contributed by atoms with Gasteiger partial charge in [0.25, 0.3) is 0 Å². The maximum absolute atomic E-state index is 13.5. The molecule has 0 saturated heterocycles. The summed E-state index contributed by atoms with van der Waals surface area (Å²) < 4.78 is 13.5. The first-order valence-electron chi connectivity index (χ1n) is 6.86. The highest BCUT2D eigenvalue weighted by atomic mass is 19.1. The zero-order valence-corrected chi connectivity index (χ0v) is 11.8. The van der Waals surface area contributed by atoms with Crippen LogP contribution in [0.4, 0.5) is 21.5 Å². The van der Waals surface area contributed by atoms with Gasteiger partial charge in [0.2, 0.25) is 0 Å². The summed E-state index contributed by atoms with van der Waals surface area (Å²) in [5.41, 5.74) is 8.66. The number of anilines is 3. The van der Waals surface area contributed by atoms with Crippen LogP contribution in [0.25, 0.3) is 10.8 Å². The fraction of sp³-hybridized carbons (Fsp3) is 0.118.